The van der Waals surface area contributed by atoms with E-state index in [-0.39, 0.29) is 0 Å². The van der Waals surface area contributed by atoms with Gasteiger partial charge in [-0.15, -0.1) is 0 Å². The fourth-order valence-corrected chi connectivity index (χ4v) is 1.71. The fraction of sp³-hybridized carbons (Fsp3) is 0.600. The molecule has 0 saturated heterocycles. The minimum absolute atomic E-state index is 1.22. The Bertz CT molecular complexity index is 217. The molecular weight excluding hydrogens is 165 g/mol. The van der Waals surface area contributed by atoms with Gasteiger partial charge in [-0.2, -0.15) is 0 Å². The third-order valence-electron chi connectivity index (χ3n) is 2.17. The van der Waals surface area contributed by atoms with E-state index >= 15 is 0 Å². The summed E-state index contributed by atoms with van der Waals surface area (Å²) in [4.78, 5) is 3.17. The molecule has 0 radical (unpaired) electrons. The third-order valence-corrected chi connectivity index (χ3v) is 2.71. The molecule has 0 aliphatic carbocycles. The van der Waals surface area contributed by atoms with E-state index in [0.29, 0.717) is 0 Å². The molecule has 1 aromatic heterocycles. The minimum Gasteiger partial charge on any atom is -0.362 e. The monoisotopic (exact) mass is 183 g/mol. The van der Waals surface area contributed by atoms with Gasteiger partial charge in [0.15, 0.2) is 0 Å². The van der Waals surface area contributed by atoms with Crippen LogP contribution in [-0.4, -0.2) is 4.98 Å². The molecule has 0 bridgehead atoms. The molecule has 1 heterocycles. The Morgan fingerprint density at radius 1 is 1.33 bits per heavy atom. The summed E-state index contributed by atoms with van der Waals surface area (Å²) >= 11 is 0. The molecular formula is C10H18NP. The molecule has 68 valence electrons. The standard InChI is InChI=1S/C10H18NP/c1-2-3-4-5-6-9-7-8-11-10(9)12/h7-8,11H,2-6,12H2,1H3. The Kier molecular flexibility index (Phi) is 4.39. The lowest BCUT2D eigenvalue weighted by Crippen LogP contribution is -1.98. The average Bonchev–Trinajstić information content (AvgIpc) is 2.46. The van der Waals surface area contributed by atoms with Gasteiger partial charge in [-0.25, -0.2) is 0 Å². The molecule has 0 amide bonds. The number of hydrogen-bond acceptors (Lipinski definition) is 0. The molecule has 12 heavy (non-hydrogen) atoms. The predicted molar refractivity (Wildman–Crippen MR) is 58.0 cm³/mol. The van der Waals surface area contributed by atoms with Crippen molar-refractivity contribution >= 4 is 14.7 Å². The van der Waals surface area contributed by atoms with Crippen LogP contribution >= 0.6 is 9.24 Å². The summed E-state index contributed by atoms with van der Waals surface area (Å²) in [7, 11) is 2.74. The van der Waals surface area contributed by atoms with Gasteiger partial charge in [0.2, 0.25) is 0 Å². The Morgan fingerprint density at radius 2 is 2.17 bits per heavy atom. The lowest BCUT2D eigenvalue weighted by atomic mass is 10.1. The van der Waals surface area contributed by atoms with Gasteiger partial charge < -0.3 is 4.98 Å². The number of aromatic nitrogens is 1. The van der Waals surface area contributed by atoms with E-state index in [9.17, 15) is 0 Å². The van der Waals surface area contributed by atoms with Crippen LogP contribution in [0.25, 0.3) is 0 Å². The molecule has 1 aromatic rings. The molecule has 2 heteroatoms. The molecule has 0 aliphatic heterocycles. The molecule has 1 unspecified atom stereocenters. The van der Waals surface area contributed by atoms with Crippen LogP contribution in [0.4, 0.5) is 0 Å². The van der Waals surface area contributed by atoms with Crippen LogP contribution in [-0.2, 0) is 6.42 Å². The van der Waals surface area contributed by atoms with Crippen molar-refractivity contribution in [3.63, 3.8) is 0 Å². The summed E-state index contributed by atoms with van der Waals surface area (Å²) in [5, 5.41) is 0. The van der Waals surface area contributed by atoms with Crippen molar-refractivity contribution in [2.24, 2.45) is 0 Å². The van der Waals surface area contributed by atoms with Crippen LogP contribution in [0.3, 0.4) is 0 Å². The quantitative estimate of drug-likeness (QED) is 0.533. The SMILES string of the molecule is CCCCCCc1cc[nH]c1P. The molecule has 0 fully saturated rings. The second-order valence-electron chi connectivity index (χ2n) is 3.23. The second kappa shape index (κ2) is 5.37. The van der Waals surface area contributed by atoms with Gasteiger partial charge in [-0.1, -0.05) is 35.4 Å². The Hall–Kier alpha value is -0.290. The first-order valence-corrected chi connectivity index (χ1v) is 5.34. The first kappa shape index (κ1) is 9.80. The van der Waals surface area contributed by atoms with Crippen LogP contribution < -0.4 is 5.44 Å². The van der Waals surface area contributed by atoms with Crippen molar-refractivity contribution in [3.05, 3.63) is 17.8 Å². The first-order chi connectivity index (χ1) is 5.84. The molecule has 1 nitrogen and oxygen atoms in total. The highest BCUT2D eigenvalue weighted by molar-refractivity contribution is 7.27. The lowest BCUT2D eigenvalue weighted by Gasteiger charge is -1.98. The van der Waals surface area contributed by atoms with Crippen molar-refractivity contribution in [2.45, 2.75) is 39.0 Å². The van der Waals surface area contributed by atoms with Crippen molar-refractivity contribution in [1.29, 1.82) is 0 Å². The maximum Gasteiger partial charge on any atom is 0.0353 e. The zero-order valence-corrected chi connectivity index (χ0v) is 8.92. The van der Waals surface area contributed by atoms with Gasteiger partial charge >= 0.3 is 0 Å². The van der Waals surface area contributed by atoms with Gasteiger partial charge in [0, 0.05) is 11.6 Å². The van der Waals surface area contributed by atoms with Crippen LogP contribution in [0.1, 0.15) is 38.2 Å². The van der Waals surface area contributed by atoms with Crippen molar-refractivity contribution in [1.82, 2.24) is 4.98 Å². The van der Waals surface area contributed by atoms with E-state index in [4.69, 9.17) is 0 Å². The highest BCUT2D eigenvalue weighted by Crippen LogP contribution is 2.07. The van der Waals surface area contributed by atoms with Gasteiger partial charge in [-0.3, -0.25) is 0 Å². The van der Waals surface area contributed by atoms with Crippen LogP contribution in [0.15, 0.2) is 12.3 Å². The van der Waals surface area contributed by atoms with E-state index in [1.54, 1.807) is 0 Å². The molecule has 1 N–H and O–H groups in total. The molecule has 1 rings (SSSR count). The average molecular weight is 183 g/mol. The summed E-state index contributed by atoms with van der Waals surface area (Å²) in [6, 6.07) is 2.17. The Morgan fingerprint density at radius 3 is 2.75 bits per heavy atom. The molecule has 0 saturated carbocycles. The topological polar surface area (TPSA) is 15.8 Å². The largest absolute Gasteiger partial charge is 0.362 e. The normalized spacial score (nSPS) is 10.5. The van der Waals surface area contributed by atoms with Gasteiger partial charge in [0.25, 0.3) is 0 Å². The zero-order valence-electron chi connectivity index (χ0n) is 7.77. The summed E-state index contributed by atoms with van der Waals surface area (Å²) < 4.78 is 0. The van der Waals surface area contributed by atoms with Crippen molar-refractivity contribution < 1.29 is 0 Å². The van der Waals surface area contributed by atoms with E-state index in [0.717, 1.165) is 0 Å². The third kappa shape index (κ3) is 2.98. The number of unbranched alkanes of at least 4 members (excludes halogenated alkanes) is 3. The Labute approximate surface area is 77.2 Å². The number of aromatic amines is 1. The number of H-pyrrole nitrogens is 1. The number of rotatable bonds is 5. The molecule has 0 aliphatic rings. The number of nitrogens with one attached hydrogen (secondary N) is 1. The zero-order chi connectivity index (χ0) is 8.81. The maximum atomic E-state index is 3.17. The summed E-state index contributed by atoms with van der Waals surface area (Å²) in [6.45, 7) is 2.25. The van der Waals surface area contributed by atoms with E-state index in [1.807, 2.05) is 6.20 Å². The lowest BCUT2D eigenvalue weighted by molar-refractivity contribution is 0.668. The summed E-state index contributed by atoms with van der Waals surface area (Å²) in [6.07, 6.45) is 8.62. The minimum atomic E-state index is 1.22. The molecule has 1 atom stereocenters. The van der Waals surface area contributed by atoms with Gasteiger partial charge in [-0.05, 0) is 24.5 Å². The molecule has 0 spiro atoms. The number of hydrogen-bond donors (Lipinski definition) is 1. The predicted octanol–water partition coefficient (Wildman–Crippen LogP) is 2.64. The highest BCUT2D eigenvalue weighted by Gasteiger charge is 1.97. The number of aryl methyl sites for hydroxylation is 1. The van der Waals surface area contributed by atoms with Crippen LogP contribution in [0.2, 0.25) is 0 Å². The van der Waals surface area contributed by atoms with E-state index in [2.05, 4.69) is 27.2 Å². The van der Waals surface area contributed by atoms with Crippen LogP contribution in [0, 0.1) is 0 Å². The van der Waals surface area contributed by atoms with E-state index < -0.39 is 0 Å². The van der Waals surface area contributed by atoms with Crippen molar-refractivity contribution in [2.75, 3.05) is 0 Å². The smallest absolute Gasteiger partial charge is 0.0353 e. The summed E-state index contributed by atoms with van der Waals surface area (Å²) in [5.41, 5.74) is 2.71. The fourth-order valence-electron chi connectivity index (χ4n) is 1.37. The first-order valence-electron chi connectivity index (χ1n) is 4.76. The molecule has 0 aromatic carbocycles. The van der Waals surface area contributed by atoms with Crippen molar-refractivity contribution in [3.8, 4) is 0 Å². The second-order valence-corrected chi connectivity index (χ2v) is 3.80. The van der Waals surface area contributed by atoms with Gasteiger partial charge in [0.05, 0.1) is 0 Å². The Balaban J connectivity index is 2.20. The maximum absolute atomic E-state index is 3.17. The van der Waals surface area contributed by atoms with E-state index in [1.165, 1.54) is 43.1 Å². The van der Waals surface area contributed by atoms with Gasteiger partial charge in [0.1, 0.15) is 0 Å². The highest BCUT2D eigenvalue weighted by atomic mass is 31.0. The summed E-state index contributed by atoms with van der Waals surface area (Å²) in [5.74, 6) is 0. The van der Waals surface area contributed by atoms with Crippen LogP contribution in [0.5, 0.6) is 0 Å².